The highest BCUT2D eigenvalue weighted by Crippen LogP contribution is 2.62. The van der Waals surface area contributed by atoms with Gasteiger partial charge < -0.3 is 9.47 Å². The number of esters is 1. The Morgan fingerprint density at radius 2 is 1.74 bits per heavy atom. The maximum Gasteiger partial charge on any atom is 0.309 e. The van der Waals surface area contributed by atoms with Crippen LogP contribution in [0.3, 0.4) is 0 Å². The average molecular weight is 320 g/mol. The van der Waals surface area contributed by atoms with Crippen LogP contribution in [-0.4, -0.2) is 23.8 Å². The summed E-state index contributed by atoms with van der Waals surface area (Å²) in [6, 6.07) is 0. The Bertz CT molecular complexity index is 468. The van der Waals surface area contributed by atoms with E-state index in [0.29, 0.717) is 35.9 Å². The van der Waals surface area contributed by atoms with Crippen LogP contribution in [0.15, 0.2) is 0 Å². The molecule has 0 amide bonds. The molecule has 0 radical (unpaired) electrons. The van der Waals surface area contributed by atoms with Gasteiger partial charge in [-0.25, -0.2) is 0 Å². The summed E-state index contributed by atoms with van der Waals surface area (Å²) < 4.78 is 12.4. The van der Waals surface area contributed by atoms with E-state index < -0.39 is 0 Å². The number of carbonyl (C=O) groups excluding carboxylic acids is 1. The molecule has 2 bridgehead atoms. The molecule has 4 aliphatic rings. The van der Waals surface area contributed by atoms with Crippen molar-refractivity contribution in [3.8, 4) is 0 Å². The number of hydrogen-bond acceptors (Lipinski definition) is 3. The minimum Gasteiger partial charge on any atom is -0.459 e. The number of ether oxygens (including phenoxy) is 2. The first-order valence-corrected chi connectivity index (χ1v) is 9.94. The molecule has 1 heterocycles. The van der Waals surface area contributed by atoms with E-state index in [9.17, 15) is 4.79 Å². The standard InChI is InChI=1S/C20H32O3/c1-4-15-17-12-10-13(18(17)16(5-2)22-15)14(11-12)19(21)23-20(3)8-6-7-9-20/h12-18H,4-11H2,1-3H3. The number of carbonyl (C=O) groups is 1. The molecule has 0 aromatic heterocycles. The van der Waals surface area contributed by atoms with Crippen molar-refractivity contribution in [3.63, 3.8) is 0 Å². The van der Waals surface area contributed by atoms with Gasteiger partial charge in [-0.2, -0.15) is 0 Å². The second-order valence-corrected chi connectivity index (χ2v) is 8.76. The van der Waals surface area contributed by atoms with Crippen LogP contribution in [0.5, 0.6) is 0 Å². The van der Waals surface area contributed by atoms with Crippen LogP contribution in [0.1, 0.15) is 72.1 Å². The molecule has 1 aliphatic heterocycles. The van der Waals surface area contributed by atoms with E-state index in [1.165, 1.54) is 19.3 Å². The van der Waals surface area contributed by atoms with Gasteiger partial charge in [-0.3, -0.25) is 4.79 Å². The van der Waals surface area contributed by atoms with E-state index in [1.807, 2.05) is 0 Å². The summed E-state index contributed by atoms with van der Waals surface area (Å²) in [5, 5.41) is 0. The quantitative estimate of drug-likeness (QED) is 0.723. The van der Waals surface area contributed by atoms with E-state index in [-0.39, 0.29) is 17.5 Å². The van der Waals surface area contributed by atoms with Gasteiger partial charge in [0.05, 0.1) is 18.1 Å². The Balaban J connectivity index is 1.48. The minimum atomic E-state index is -0.180. The van der Waals surface area contributed by atoms with Gasteiger partial charge in [0.1, 0.15) is 5.60 Å². The fraction of sp³-hybridized carbons (Fsp3) is 0.950. The van der Waals surface area contributed by atoms with Crippen molar-refractivity contribution in [2.75, 3.05) is 0 Å². The molecule has 0 aromatic rings. The fourth-order valence-corrected chi connectivity index (χ4v) is 6.48. The first-order chi connectivity index (χ1) is 11.1. The van der Waals surface area contributed by atoms with Crippen molar-refractivity contribution < 1.29 is 14.3 Å². The minimum absolute atomic E-state index is 0.107. The van der Waals surface area contributed by atoms with Crippen LogP contribution < -0.4 is 0 Å². The molecule has 0 spiro atoms. The monoisotopic (exact) mass is 320 g/mol. The van der Waals surface area contributed by atoms with Crippen LogP contribution >= 0.6 is 0 Å². The predicted octanol–water partition coefficient (Wildman–Crippen LogP) is 4.34. The molecule has 1 saturated heterocycles. The first kappa shape index (κ1) is 15.9. The van der Waals surface area contributed by atoms with Crippen molar-refractivity contribution >= 4 is 5.97 Å². The summed E-state index contributed by atoms with van der Waals surface area (Å²) in [5.41, 5.74) is -0.180. The maximum atomic E-state index is 12.9. The lowest BCUT2D eigenvalue weighted by molar-refractivity contribution is -0.165. The third kappa shape index (κ3) is 2.45. The molecule has 3 nitrogen and oxygen atoms in total. The van der Waals surface area contributed by atoms with E-state index in [0.717, 1.165) is 32.1 Å². The Morgan fingerprint density at radius 1 is 1.09 bits per heavy atom. The van der Waals surface area contributed by atoms with Gasteiger partial charge in [0.2, 0.25) is 0 Å². The highest BCUT2D eigenvalue weighted by molar-refractivity contribution is 5.74. The second-order valence-electron chi connectivity index (χ2n) is 8.76. The Morgan fingerprint density at radius 3 is 2.39 bits per heavy atom. The van der Waals surface area contributed by atoms with Gasteiger partial charge in [0.25, 0.3) is 0 Å². The molecular formula is C20H32O3. The van der Waals surface area contributed by atoms with Crippen molar-refractivity contribution in [2.45, 2.75) is 89.9 Å². The molecule has 0 N–H and O–H groups in total. The summed E-state index contributed by atoms with van der Waals surface area (Å²) in [6.07, 6.45) is 9.80. The topological polar surface area (TPSA) is 35.5 Å². The van der Waals surface area contributed by atoms with E-state index in [1.54, 1.807) is 0 Å². The van der Waals surface area contributed by atoms with E-state index >= 15 is 0 Å². The zero-order valence-corrected chi connectivity index (χ0v) is 14.9. The molecule has 7 atom stereocenters. The van der Waals surface area contributed by atoms with Crippen LogP contribution in [0, 0.1) is 29.6 Å². The molecular weight excluding hydrogens is 288 g/mol. The van der Waals surface area contributed by atoms with Gasteiger partial charge in [-0.15, -0.1) is 0 Å². The number of rotatable bonds is 4. The molecule has 7 unspecified atom stereocenters. The summed E-state index contributed by atoms with van der Waals surface area (Å²) in [7, 11) is 0. The normalized spacial score (nSPS) is 47.0. The van der Waals surface area contributed by atoms with E-state index in [2.05, 4.69) is 20.8 Å². The maximum absolute atomic E-state index is 12.9. The van der Waals surface area contributed by atoms with Crippen LogP contribution in [0.25, 0.3) is 0 Å². The smallest absolute Gasteiger partial charge is 0.309 e. The zero-order chi connectivity index (χ0) is 16.2. The van der Waals surface area contributed by atoms with Gasteiger partial charge in [-0.1, -0.05) is 13.8 Å². The Labute approximate surface area is 140 Å². The third-order valence-corrected chi connectivity index (χ3v) is 7.46. The second kappa shape index (κ2) is 5.75. The van der Waals surface area contributed by atoms with Crippen molar-refractivity contribution in [1.29, 1.82) is 0 Å². The molecule has 23 heavy (non-hydrogen) atoms. The lowest BCUT2D eigenvalue weighted by atomic mass is 9.70. The molecule has 4 rings (SSSR count). The lowest BCUT2D eigenvalue weighted by Gasteiger charge is -2.34. The third-order valence-electron chi connectivity index (χ3n) is 7.46. The highest BCUT2D eigenvalue weighted by atomic mass is 16.6. The molecule has 0 aromatic carbocycles. The average Bonchev–Trinajstić information content (AvgIpc) is 3.27. The molecule has 130 valence electrons. The Hall–Kier alpha value is -0.570. The van der Waals surface area contributed by atoms with E-state index in [4.69, 9.17) is 9.47 Å². The summed E-state index contributed by atoms with van der Waals surface area (Å²) >= 11 is 0. The predicted molar refractivity (Wildman–Crippen MR) is 88.9 cm³/mol. The summed E-state index contributed by atoms with van der Waals surface area (Å²) in [6.45, 7) is 6.62. The van der Waals surface area contributed by atoms with Crippen LogP contribution in [-0.2, 0) is 14.3 Å². The molecule has 3 saturated carbocycles. The highest BCUT2D eigenvalue weighted by Gasteiger charge is 2.62. The summed E-state index contributed by atoms with van der Waals surface area (Å²) in [4.78, 5) is 12.9. The van der Waals surface area contributed by atoms with Crippen molar-refractivity contribution in [1.82, 2.24) is 0 Å². The molecule has 4 fully saturated rings. The largest absolute Gasteiger partial charge is 0.459 e. The van der Waals surface area contributed by atoms with Crippen LogP contribution in [0.2, 0.25) is 0 Å². The Kier molecular flexibility index (Phi) is 3.98. The molecule has 3 heteroatoms. The van der Waals surface area contributed by atoms with Gasteiger partial charge in [0.15, 0.2) is 0 Å². The lowest BCUT2D eigenvalue weighted by Crippen LogP contribution is -2.39. The number of fused-ring (bicyclic) bond motifs is 5. The zero-order valence-electron chi connectivity index (χ0n) is 14.9. The van der Waals surface area contributed by atoms with Gasteiger partial charge in [0, 0.05) is 0 Å². The van der Waals surface area contributed by atoms with Crippen molar-refractivity contribution in [3.05, 3.63) is 0 Å². The van der Waals surface area contributed by atoms with Crippen LogP contribution in [0.4, 0.5) is 0 Å². The van der Waals surface area contributed by atoms with Gasteiger partial charge in [-0.05, 0) is 82.0 Å². The first-order valence-electron chi connectivity index (χ1n) is 9.94. The summed E-state index contributed by atoms with van der Waals surface area (Å²) in [5.74, 6) is 2.78. The fourth-order valence-electron chi connectivity index (χ4n) is 6.48. The number of hydrogen-bond donors (Lipinski definition) is 0. The van der Waals surface area contributed by atoms with Gasteiger partial charge >= 0.3 is 5.97 Å². The molecule has 3 aliphatic carbocycles. The SMILES string of the molecule is CCC1OC(CC)C2C3CC(CC3C(=O)OC3(C)CCCC3)C12. The van der Waals surface area contributed by atoms with Crippen molar-refractivity contribution in [2.24, 2.45) is 29.6 Å².